The van der Waals surface area contributed by atoms with Crippen molar-refractivity contribution in [1.29, 1.82) is 5.41 Å². The van der Waals surface area contributed by atoms with E-state index in [0.717, 1.165) is 52.8 Å². The number of benzene rings is 1. The molecule has 3 heterocycles. The molecule has 0 bridgehead atoms. The number of anilines is 1. The van der Waals surface area contributed by atoms with Gasteiger partial charge in [0.05, 0.1) is 29.3 Å². The van der Waals surface area contributed by atoms with Gasteiger partial charge in [0, 0.05) is 50.1 Å². The maximum Gasteiger partial charge on any atom is 0.132 e. The van der Waals surface area contributed by atoms with Crippen molar-refractivity contribution in [2.24, 2.45) is 9.98 Å². The summed E-state index contributed by atoms with van der Waals surface area (Å²) in [7, 11) is 1.76. The van der Waals surface area contributed by atoms with Crippen molar-refractivity contribution in [2.45, 2.75) is 32.5 Å². The SMILES string of the molecule is CN=C(CC=N)c1ccc2c(c1)C(c1cc(N3CC(C)OC(C)C3)ncn1)=N2. The summed E-state index contributed by atoms with van der Waals surface area (Å²) in [5.41, 5.74) is 5.63. The molecule has 1 N–H and O–H groups in total. The molecular weight excluding hydrogens is 352 g/mol. The van der Waals surface area contributed by atoms with Crippen LogP contribution in [0.5, 0.6) is 0 Å². The van der Waals surface area contributed by atoms with E-state index in [0.29, 0.717) is 6.42 Å². The van der Waals surface area contributed by atoms with E-state index in [1.807, 2.05) is 18.2 Å². The number of morpholine rings is 1. The van der Waals surface area contributed by atoms with Crippen LogP contribution in [0.3, 0.4) is 0 Å². The van der Waals surface area contributed by atoms with Crippen LogP contribution in [-0.2, 0) is 4.74 Å². The van der Waals surface area contributed by atoms with Crippen LogP contribution in [0.25, 0.3) is 0 Å². The maximum absolute atomic E-state index is 7.36. The van der Waals surface area contributed by atoms with Crippen molar-refractivity contribution in [3.8, 4) is 0 Å². The van der Waals surface area contributed by atoms with Crippen LogP contribution in [0.2, 0.25) is 0 Å². The van der Waals surface area contributed by atoms with Crippen LogP contribution < -0.4 is 4.90 Å². The topological polar surface area (TPSA) is 86.8 Å². The van der Waals surface area contributed by atoms with Crippen molar-refractivity contribution in [1.82, 2.24) is 9.97 Å². The van der Waals surface area contributed by atoms with Gasteiger partial charge >= 0.3 is 0 Å². The van der Waals surface area contributed by atoms with Gasteiger partial charge in [-0.3, -0.25) is 4.99 Å². The highest BCUT2D eigenvalue weighted by Gasteiger charge is 2.26. The summed E-state index contributed by atoms with van der Waals surface area (Å²) in [5.74, 6) is 0.902. The third-order valence-electron chi connectivity index (χ3n) is 5.02. The van der Waals surface area contributed by atoms with E-state index in [1.54, 1.807) is 13.4 Å². The van der Waals surface area contributed by atoms with Gasteiger partial charge < -0.3 is 15.0 Å². The van der Waals surface area contributed by atoms with Gasteiger partial charge in [-0.15, -0.1) is 0 Å². The minimum absolute atomic E-state index is 0.173. The molecule has 1 saturated heterocycles. The molecule has 2 atom stereocenters. The molecule has 2 aromatic rings. The molecule has 1 aromatic heterocycles. The Morgan fingerprint density at radius 1 is 1.25 bits per heavy atom. The molecule has 0 spiro atoms. The second kappa shape index (κ2) is 7.59. The molecule has 0 amide bonds. The molecule has 0 saturated carbocycles. The second-order valence-corrected chi connectivity index (χ2v) is 7.19. The first-order chi connectivity index (χ1) is 13.6. The van der Waals surface area contributed by atoms with Crippen molar-refractivity contribution in [2.75, 3.05) is 25.0 Å². The van der Waals surface area contributed by atoms with Gasteiger partial charge in [-0.1, -0.05) is 6.07 Å². The molecule has 2 unspecified atom stereocenters. The number of aliphatic imine (C=N–C) groups is 2. The van der Waals surface area contributed by atoms with Gasteiger partial charge in [0.25, 0.3) is 0 Å². The molecule has 7 nitrogen and oxygen atoms in total. The van der Waals surface area contributed by atoms with Gasteiger partial charge in [-0.25, -0.2) is 15.0 Å². The van der Waals surface area contributed by atoms with Crippen molar-refractivity contribution < 1.29 is 4.74 Å². The monoisotopic (exact) mass is 376 g/mol. The van der Waals surface area contributed by atoms with Crippen LogP contribution in [0, 0.1) is 5.41 Å². The summed E-state index contributed by atoms with van der Waals surface area (Å²) in [6.07, 6.45) is 3.84. The van der Waals surface area contributed by atoms with Crippen LogP contribution >= 0.6 is 0 Å². The Labute approximate surface area is 164 Å². The highest BCUT2D eigenvalue weighted by Crippen LogP contribution is 2.34. The largest absolute Gasteiger partial charge is 0.372 e. The maximum atomic E-state index is 7.36. The number of ether oxygens (including phenoxy) is 1. The number of nitrogens with one attached hydrogen (secondary N) is 1. The molecule has 2 aliphatic heterocycles. The van der Waals surface area contributed by atoms with E-state index in [1.165, 1.54) is 6.21 Å². The molecule has 144 valence electrons. The molecule has 1 aromatic carbocycles. The van der Waals surface area contributed by atoms with E-state index in [9.17, 15) is 0 Å². The summed E-state index contributed by atoms with van der Waals surface area (Å²) < 4.78 is 5.82. The van der Waals surface area contributed by atoms with Gasteiger partial charge in [0.2, 0.25) is 0 Å². The average Bonchev–Trinajstić information content (AvgIpc) is 2.67. The first-order valence-corrected chi connectivity index (χ1v) is 9.50. The number of hydrogen-bond donors (Lipinski definition) is 1. The third kappa shape index (κ3) is 3.45. The van der Waals surface area contributed by atoms with E-state index < -0.39 is 0 Å². The number of nitrogens with zero attached hydrogens (tertiary/aromatic N) is 5. The predicted molar refractivity (Wildman–Crippen MR) is 112 cm³/mol. The average molecular weight is 376 g/mol. The van der Waals surface area contributed by atoms with E-state index in [4.69, 9.17) is 10.1 Å². The minimum Gasteiger partial charge on any atom is -0.372 e. The highest BCUT2D eigenvalue weighted by atomic mass is 16.5. The van der Waals surface area contributed by atoms with Crippen molar-refractivity contribution in [3.05, 3.63) is 47.4 Å². The smallest absolute Gasteiger partial charge is 0.132 e. The summed E-state index contributed by atoms with van der Waals surface area (Å²) >= 11 is 0. The first-order valence-electron chi connectivity index (χ1n) is 9.50. The van der Waals surface area contributed by atoms with Crippen LogP contribution in [0.1, 0.15) is 37.1 Å². The molecule has 0 aliphatic carbocycles. The van der Waals surface area contributed by atoms with E-state index in [2.05, 4.69) is 44.8 Å². The molecule has 1 fully saturated rings. The summed E-state index contributed by atoms with van der Waals surface area (Å²) in [5, 5.41) is 7.36. The Morgan fingerprint density at radius 3 is 2.75 bits per heavy atom. The molecule has 2 aliphatic rings. The lowest BCUT2D eigenvalue weighted by atomic mass is 9.94. The first kappa shape index (κ1) is 18.4. The number of aromatic nitrogens is 2. The Hall–Kier alpha value is -2.93. The van der Waals surface area contributed by atoms with Crippen LogP contribution in [0.4, 0.5) is 11.5 Å². The normalized spacial score (nSPS) is 21.6. The lowest BCUT2D eigenvalue weighted by molar-refractivity contribution is -0.00546. The van der Waals surface area contributed by atoms with Gasteiger partial charge in [-0.2, -0.15) is 0 Å². The summed E-state index contributed by atoms with van der Waals surface area (Å²) in [4.78, 5) is 20.1. The molecule has 4 rings (SSSR count). The van der Waals surface area contributed by atoms with Gasteiger partial charge in [0.15, 0.2) is 0 Å². The Bertz CT molecular complexity index is 957. The minimum atomic E-state index is 0.173. The van der Waals surface area contributed by atoms with E-state index in [-0.39, 0.29) is 12.2 Å². The molecule has 0 radical (unpaired) electrons. The fraction of sp³-hybridized carbons (Fsp3) is 0.381. The number of fused-ring (bicyclic) bond motifs is 1. The summed E-state index contributed by atoms with van der Waals surface area (Å²) in [6.45, 7) is 5.79. The van der Waals surface area contributed by atoms with E-state index >= 15 is 0 Å². The number of rotatable bonds is 5. The van der Waals surface area contributed by atoms with Crippen molar-refractivity contribution in [3.63, 3.8) is 0 Å². The third-order valence-corrected chi connectivity index (χ3v) is 5.02. The van der Waals surface area contributed by atoms with Gasteiger partial charge in [-0.05, 0) is 31.5 Å². The number of hydrogen-bond acceptors (Lipinski definition) is 7. The molecular formula is C21H24N6O. The summed E-state index contributed by atoms with van der Waals surface area (Å²) in [6, 6.07) is 8.10. The molecule has 7 heteroatoms. The zero-order valence-corrected chi connectivity index (χ0v) is 16.4. The van der Waals surface area contributed by atoms with Crippen LogP contribution in [0.15, 0.2) is 40.6 Å². The highest BCUT2D eigenvalue weighted by molar-refractivity contribution is 6.22. The fourth-order valence-corrected chi connectivity index (χ4v) is 3.78. The van der Waals surface area contributed by atoms with Crippen LogP contribution in [-0.4, -0.2) is 60.0 Å². The lowest BCUT2D eigenvalue weighted by Crippen LogP contribution is -2.45. The van der Waals surface area contributed by atoms with Gasteiger partial charge in [0.1, 0.15) is 12.1 Å². The second-order valence-electron chi connectivity index (χ2n) is 7.19. The van der Waals surface area contributed by atoms with Crippen molar-refractivity contribution >= 4 is 29.1 Å². The Kier molecular flexibility index (Phi) is 5.00. The standard InChI is InChI=1S/C21H24N6O/c1-13-10-27(11-14(2)28-13)20-9-19(24-12-25-20)21-16-8-15(4-5-18(16)26-21)17(23-3)6-7-22/h4-5,7-9,12-14,22H,6,10-11H2,1-3H3. The zero-order valence-electron chi connectivity index (χ0n) is 16.4. The predicted octanol–water partition coefficient (Wildman–Crippen LogP) is 3.03. The fourth-order valence-electron chi connectivity index (χ4n) is 3.78. The molecule has 28 heavy (non-hydrogen) atoms. The Balaban J connectivity index is 1.61. The quantitative estimate of drug-likeness (QED) is 0.694. The Morgan fingerprint density at radius 2 is 2.04 bits per heavy atom. The zero-order chi connectivity index (χ0) is 19.7. The lowest BCUT2D eigenvalue weighted by Gasteiger charge is -2.36.